The lowest BCUT2D eigenvalue weighted by atomic mass is 10.0. The fourth-order valence-corrected chi connectivity index (χ4v) is 2.16. The van der Waals surface area contributed by atoms with Crippen molar-refractivity contribution in [2.24, 2.45) is 5.92 Å². The molecule has 22 heavy (non-hydrogen) atoms. The van der Waals surface area contributed by atoms with Gasteiger partial charge < -0.3 is 9.84 Å². The molecule has 1 atom stereocenters. The molecule has 2 aromatic rings. The summed E-state index contributed by atoms with van der Waals surface area (Å²) in [7, 11) is 0. The van der Waals surface area contributed by atoms with Crippen molar-refractivity contribution in [3.8, 4) is 5.75 Å². The highest BCUT2D eigenvalue weighted by Gasteiger charge is 2.34. The Morgan fingerprint density at radius 1 is 0.955 bits per heavy atom. The lowest BCUT2D eigenvalue weighted by Crippen LogP contribution is -2.20. The van der Waals surface area contributed by atoms with E-state index < -0.39 is 11.7 Å². The van der Waals surface area contributed by atoms with Crippen LogP contribution in [0.5, 0.6) is 5.75 Å². The summed E-state index contributed by atoms with van der Waals surface area (Å²) in [4.78, 5) is 0. The predicted molar refractivity (Wildman–Crippen MR) is 77.7 cm³/mol. The highest BCUT2D eigenvalue weighted by molar-refractivity contribution is 5.35. The summed E-state index contributed by atoms with van der Waals surface area (Å²) in [5.41, 5.74) is 0.209. The van der Waals surface area contributed by atoms with Crippen molar-refractivity contribution in [3.05, 3.63) is 65.7 Å². The van der Waals surface area contributed by atoms with Gasteiger partial charge in [-0.1, -0.05) is 42.5 Å². The number of halogens is 3. The Morgan fingerprint density at radius 2 is 1.59 bits per heavy atom. The molecule has 0 spiro atoms. The number of hydrogen-bond acceptors (Lipinski definition) is 2. The molecule has 1 N–H and O–H groups in total. The Morgan fingerprint density at radius 3 is 2.23 bits per heavy atom. The van der Waals surface area contributed by atoms with Crippen LogP contribution in [0.3, 0.4) is 0 Å². The molecule has 0 aromatic heterocycles. The molecule has 0 heterocycles. The third-order valence-electron chi connectivity index (χ3n) is 3.29. The van der Waals surface area contributed by atoms with Crippen LogP contribution in [0.4, 0.5) is 13.2 Å². The van der Waals surface area contributed by atoms with E-state index in [1.165, 1.54) is 18.2 Å². The fraction of sp³-hybridized carbons (Fsp3) is 0.294. The molecule has 0 radical (unpaired) electrons. The first kappa shape index (κ1) is 16.4. The molecule has 0 saturated carbocycles. The van der Waals surface area contributed by atoms with Crippen molar-refractivity contribution >= 4 is 0 Å². The van der Waals surface area contributed by atoms with Crippen LogP contribution in [-0.2, 0) is 12.6 Å². The van der Waals surface area contributed by atoms with Gasteiger partial charge >= 0.3 is 6.18 Å². The summed E-state index contributed by atoms with van der Waals surface area (Å²) in [6.45, 7) is -0.123. The molecule has 2 rings (SSSR count). The summed E-state index contributed by atoms with van der Waals surface area (Å²) < 4.78 is 43.9. The Labute approximate surface area is 127 Å². The third kappa shape index (κ3) is 4.49. The van der Waals surface area contributed by atoms with Crippen molar-refractivity contribution < 1.29 is 23.0 Å². The van der Waals surface area contributed by atoms with Crippen LogP contribution in [0, 0.1) is 5.92 Å². The number of aliphatic hydroxyl groups is 1. The smallest absolute Gasteiger partial charge is 0.419 e. The second kappa shape index (κ2) is 7.31. The zero-order valence-corrected chi connectivity index (χ0v) is 11.9. The first-order valence-corrected chi connectivity index (χ1v) is 6.94. The minimum atomic E-state index is -4.45. The summed E-state index contributed by atoms with van der Waals surface area (Å²) in [6.07, 6.45) is -3.91. The molecule has 0 aliphatic rings. The van der Waals surface area contributed by atoms with E-state index in [2.05, 4.69) is 0 Å². The molecule has 2 aromatic carbocycles. The standard InChI is InChI=1S/C17H17F3O2/c18-17(19,20)15-8-4-5-9-16(15)22-12-14(11-21)10-13-6-2-1-3-7-13/h1-9,14,21H,10-12H2. The molecule has 0 aliphatic heterocycles. The quantitative estimate of drug-likeness (QED) is 0.876. The van der Waals surface area contributed by atoms with Crippen molar-refractivity contribution in [2.75, 3.05) is 13.2 Å². The van der Waals surface area contributed by atoms with Crippen molar-refractivity contribution in [1.82, 2.24) is 0 Å². The molecule has 0 saturated heterocycles. The van der Waals surface area contributed by atoms with Gasteiger partial charge in [0.2, 0.25) is 0 Å². The van der Waals surface area contributed by atoms with Crippen molar-refractivity contribution in [3.63, 3.8) is 0 Å². The van der Waals surface area contributed by atoms with Gasteiger partial charge in [0, 0.05) is 12.5 Å². The molecular weight excluding hydrogens is 293 g/mol. The number of alkyl halides is 3. The van der Waals surface area contributed by atoms with Gasteiger partial charge in [-0.25, -0.2) is 0 Å². The molecular formula is C17H17F3O2. The SMILES string of the molecule is OCC(COc1ccccc1C(F)(F)F)Cc1ccccc1. The first-order chi connectivity index (χ1) is 10.5. The Bertz CT molecular complexity index is 582. The second-order valence-electron chi connectivity index (χ2n) is 5.04. The lowest BCUT2D eigenvalue weighted by Gasteiger charge is -2.18. The minimum absolute atomic E-state index is 0.0263. The van der Waals surface area contributed by atoms with Gasteiger partial charge in [-0.2, -0.15) is 13.2 Å². The van der Waals surface area contributed by atoms with Gasteiger partial charge in [-0.15, -0.1) is 0 Å². The monoisotopic (exact) mass is 310 g/mol. The summed E-state index contributed by atoms with van der Waals surface area (Å²) in [5.74, 6) is -0.467. The maximum Gasteiger partial charge on any atom is 0.419 e. The van der Waals surface area contributed by atoms with E-state index >= 15 is 0 Å². The molecule has 0 amide bonds. The van der Waals surface area contributed by atoms with Gasteiger partial charge in [-0.05, 0) is 24.1 Å². The topological polar surface area (TPSA) is 29.5 Å². The maximum atomic E-state index is 12.9. The van der Waals surface area contributed by atoms with Crippen LogP contribution in [0.25, 0.3) is 0 Å². The largest absolute Gasteiger partial charge is 0.493 e. The number of rotatable bonds is 6. The predicted octanol–water partition coefficient (Wildman–Crippen LogP) is 3.94. The van der Waals surface area contributed by atoms with E-state index in [0.717, 1.165) is 11.6 Å². The highest BCUT2D eigenvalue weighted by Crippen LogP contribution is 2.36. The van der Waals surface area contributed by atoms with Crippen molar-refractivity contribution in [2.45, 2.75) is 12.6 Å². The van der Waals surface area contributed by atoms with E-state index in [1.54, 1.807) is 0 Å². The zero-order valence-electron chi connectivity index (χ0n) is 11.9. The summed E-state index contributed by atoms with van der Waals surface area (Å²) in [5, 5.41) is 9.39. The molecule has 0 bridgehead atoms. The van der Waals surface area contributed by atoms with Crippen LogP contribution in [0.1, 0.15) is 11.1 Å². The zero-order chi connectivity index (χ0) is 16.0. The molecule has 2 nitrogen and oxygen atoms in total. The Balaban J connectivity index is 2.02. The van der Waals surface area contributed by atoms with E-state index in [0.29, 0.717) is 6.42 Å². The van der Waals surface area contributed by atoms with Gasteiger partial charge in [0.15, 0.2) is 0 Å². The first-order valence-electron chi connectivity index (χ1n) is 6.94. The number of aliphatic hydroxyl groups excluding tert-OH is 1. The van der Waals surface area contributed by atoms with Gasteiger partial charge in [0.1, 0.15) is 5.75 Å². The average molecular weight is 310 g/mol. The second-order valence-corrected chi connectivity index (χ2v) is 5.04. The molecule has 0 fully saturated rings. The molecule has 1 unspecified atom stereocenters. The number of hydrogen-bond donors (Lipinski definition) is 1. The normalized spacial score (nSPS) is 12.9. The number of para-hydroxylation sites is 1. The molecule has 118 valence electrons. The van der Waals surface area contributed by atoms with E-state index in [1.807, 2.05) is 30.3 Å². The number of benzene rings is 2. The van der Waals surface area contributed by atoms with E-state index in [-0.39, 0.29) is 24.9 Å². The highest BCUT2D eigenvalue weighted by atomic mass is 19.4. The van der Waals surface area contributed by atoms with Crippen LogP contribution in [-0.4, -0.2) is 18.3 Å². The fourth-order valence-electron chi connectivity index (χ4n) is 2.16. The average Bonchev–Trinajstić information content (AvgIpc) is 2.52. The lowest BCUT2D eigenvalue weighted by molar-refractivity contribution is -0.139. The van der Waals surface area contributed by atoms with Crippen LogP contribution < -0.4 is 4.74 Å². The minimum Gasteiger partial charge on any atom is -0.493 e. The summed E-state index contributed by atoms with van der Waals surface area (Å²) >= 11 is 0. The maximum absolute atomic E-state index is 12.9. The molecule has 0 aliphatic carbocycles. The van der Waals surface area contributed by atoms with Crippen LogP contribution in [0.15, 0.2) is 54.6 Å². The van der Waals surface area contributed by atoms with E-state index in [9.17, 15) is 18.3 Å². The summed E-state index contributed by atoms with van der Waals surface area (Å²) in [6, 6.07) is 14.6. The van der Waals surface area contributed by atoms with Crippen molar-refractivity contribution in [1.29, 1.82) is 0 Å². The third-order valence-corrected chi connectivity index (χ3v) is 3.29. The molecule has 5 heteroatoms. The van der Waals surface area contributed by atoms with Gasteiger partial charge in [0.05, 0.1) is 12.2 Å². The van der Waals surface area contributed by atoms with Gasteiger partial charge in [-0.3, -0.25) is 0 Å². The van der Waals surface area contributed by atoms with Crippen LogP contribution in [0.2, 0.25) is 0 Å². The Kier molecular flexibility index (Phi) is 5.44. The van der Waals surface area contributed by atoms with Gasteiger partial charge in [0.25, 0.3) is 0 Å². The Hall–Kier alpha value is -2.01. The number of ether oxygens (including phenoxy) is 1. The van der Waals surface area contributed by atoms with E-state index in [4.69, 9.17) is 4.74 Å². The van der Waals surface area contributed by atoms with Crippen LogP contribution >= 0.6 is 0 Å².